The van der Waals surface area contributed by atoms with Gasteiger partial charge in [-0.2, -0.15) is 0 Å². The van der Waals surface area contributed by atoms with Crippen LogP contribution in [0.5, 0.6) is 0 Å². The fraction of sp³-hybridized carbons (Fsp3) is 0.571. The molecule has 1 fully saturated rings. The van der Waals surface area contributed by atoms with Gasteiger partial charge in [-0.25, -0.2) is 0 Å². The molecular formula is C14H20IN3O2. The SMILES string of the molecule is CCN(c1ccc([N+](=O)[O-])cc1I)C1CCC(N)CC1. The maximum atomic E-state index is 10.8. The molecule has 1 aliphatic carbocycles. The lowest BCUT2D eigenvalue weighted by Crippen LogP contribution is -2.41. The number of non-ortho nitro benzene ring substituents is 1. The zero-order valence-electron chi connectivity index (χ0n) is 11.6. The van der Waals surface area contributed by atoms with Gasteiger partial charge in [0.2, 0.25) is 0 Å². The molecule has 0 amide bonds. The third-order valence-corrected chi connectivity index (χ3v) is 4.84. The molecular weight excluding hydrogens is 369 g/mol. The van der Waals surface area contributed by atoms with E-state index in [0.717, 1.165) is 41.5 Å². The van der Waals surface area contributed by atoms with Crippen molar-refractivity contribution in [2.45, 2.75) is 44.7 Å². The molecule has 0 saturated heterocycles. The van der Waals surface area contributed by atoms with Crippen LogP contribution in [0.4, 0.5) is 11.4 Å². The number of halogens is 1. The van der Waals surface area contributed by atoms with E-state index < -0.39 is 0 Å². The number of nitrogens with two attached hydrogens (primary N) is 1. The second-order valence-electron chi connectivity index (χ2n) is 5.25. The van der Waals surface area contributed by atoms with Gasteiger partial charge in [-0.1, -0.05) is 0 Å². The highest BCUT2D eigenvalue weighted by molar-refractivity contribution is 14.1. The lowest BCUT2D eigenvalue weighted by Gasteiger charge is -2.37. The Morgan fingerprint density at radius 1 is 1.40 bits per heavy atom. The zero-order valence-corrected chi connectivity index (χ0v) is 13.7. The third-order valence-electron chi connectivity index (χ3n) is 3.97. The van der Waals surface area contributed by atoms with Crippen LogP contribution in [0, 0.1) is 13.7 Å². The Kier molecular flexibility index (Phi) is 5.20. The van der Waals surface area contributed by atoms with Crippen LogP contribution < -0.4 is 10.6 Å². The predicted octanol–water partition coefficient (Wildman–Crippen LogP) is 3.30. The topological polar surface area (TPSA) is 72.4 Å². The van der Waals surface area contributed by atoms with Crippen LogP contribution in [0.15, 0.2) is 18.2 Å². The van der Waals surface area contributed by atoms with E-state index in [4.69, 9.17) is 5.73 Å². The molecule has 6 heteroatoms. The van der Waals surface area contributed by atoms with Crippen molar-refractivity contribution >= 4 is 34.0 Å². The first-order valence-corrected chi connectivity index (χ1v) is 8.07. The molecule has 5 nitrogen and oxygen atoms in total. The van der Waals surface area contributed by atoms with Gasteiger partial charge in [-0.15, -0.1) is 0 Å². The van der Waals surface area contributed by atoms with Gasteiger partial charge in [0.15, 0.2) is 0 Å². The summed E-state index contributed by atoms with van der Waals surface area (Å²) in [6.45, 7) is 3.04. The zero-order chi connectivity index (χ0) is 14.7. The second-order valence-corrected chi connectivity index (χ2v) is 6.41. The number of nitrogens with zero attached hydrogens (tertiary/aromatic N) is 2. The summed E-state index contributed by atoms with van der Waals surface area (Å²) in [5.74, 6) is 0. The smallest absolute Gasteiger partial charge is 0.270 e. The minimum absolute atomic E-state index is 0.153. The molecule has 0 bridgehead atoms. The molecule has 2 N–H and O–H groups in total. The summed E-state index contributed by atoms with van der Waals surface area (Å²) in [7, 11) is 0. The maximum absolute atomic E-state index is 10.8. The van der Waals surface area contributed by atoms with Crippen LogP contribution in [0.2, 0.25) is 0 Å². The lowest BCUT2D eigenvalue weighted by atomic mass is 9.90. The summed E-state index contributed by atoms with van der Waals surface area (Å²) in [6.07, 6.45) is 4.32. The van der Waals surface area contributed by atoms with Gasteiger partial charge < -0.3 is 10.6 Å². The molecule has 110 valence electrons. The molecule has 0 heterocycles. The van der Waals surface area contributed by atoms with Crippen molar-refractivity contribution < 1.29 is 4.92 Å². The Morgan fingerprint density at radius 2 is 2.05 bits per heavy atom. The summed E-state index contributed by atoms with van der Waals surface area (Å²) >= 11 is 2.19. The summed E-state index contributed by atoms with van der Waals surface area (Å²) in [5, 5.41) is 10.8. The second kappa shape index (κ2) is 6.71. The van der Waals surface area contributed by atoms with Crippen molar-refractivity contribution in [3.8, 4) is 0 Å². The molecule has 2 rings (SSSR count). The highest BCUT2D eigenvalue weighted by Gasteiger charge is 2.25. The first kappa shape index (κ1) is 15.5. The molecule has 0 aliphatic heterocycles. The fourth-order valence-corrected chi connectivity index (χ4v) is 3.69. The summed E-state index contributed by atoms with van der Waals surface area (Å²) in [6, 6.07) is 5.94. The average molecular weight is 389 g/mol. The van der Waals surface area contributed by atoms with Crippen LogP contribution in [0.1, 0.15) is 32.6 Å². The van der Waals surface area contributed by atoms with E-state index in [0.29, 0.717) is 12.1 Å². The number of anilines is 1. The van der Waals surface area contributed by atoms with Crippen molar-refractivity contribution in [3.05, 3.63) is 31.9 Å². The van der Waals surface area contributed by atoms with Crippen LogP contribution >= 0.6 is 22.6 Å². The quantitative estimate of drug-likeness (QED) is 0.487. The summed E-state index contributed by atoms with van der Waals surface area (Å²) in [4.78, 5) is 12.8. The molecule has 1 saturated carbocycles. The lowest BCUT2D eigenvalue weighted by molar-refractivity contribution is -0.384. The van der Waals surface area contributed by atoms with Crippen LogP contribution in [-0.2, 0) is 0 Å². The average Bonchev–Trinajstić information content (AvgIpc) is 2.43. The standard InChI is InChI=1S/C14H20IN3O2/c1-2-17(11-5-3-10(16)4-6-11)14-8-7-12(18(19)20)9-13(14)15/h7-11H,2-6,16H2,1H3. The molecule has 1 aromatic carbocycles. The Labute approximate surface area is 132 Å². The summed E-state index contributed by atoms with van der Waals surface area (Å²) in [5.41, 5.74) is 7.21. The van der Waals surface area contributed by atoms with Crippen LogP contribution in [-0.4, -0.2) is 23.6 Å². The van der Waals surface area contributed by atoms with Gasteiger partial charge in [0.05, 0.1) is 10.6 Å². The Balaban J connectivity index is 2.21. The predicted molar refractivity (Wildman–Crippen MR) is 89.1 cm³/mol. The van der Waals surface area contributed by atoms with Gasteiger partial charge >= 0.3 is 0 Å². The van der Waals surface area contributed by atoms with Crippen molar-refractivity contribution in [2.75, 3.05) is 11.4 Å². The monoisotopic (exact) mass is 389 g/mol. The number of nitro benzene ring substituents is 1. The molecule has 1 aromatic rings. The maximum Gasteiger partial charge on any atom is 0.270 e. The molecule has 0 radical (unpaired) electrons. The first-order valence-electron chi connectivity index (χ1n) is 6.99. The van der Waals surface area contributed by atoms with Crippen molar-refractivity contribution in [1.29, 1.82) is 0 Å². The fourth-order valence-electron chi connectivity index (χ4n) is 2.88. The minimum Gasteiger partial charge on any atom is -0.368 e. The Hall–Kier alpha value is -0.890. The van der Waals surface area contributed by atoms with E-state index in [1.807, 2.05) is 6.07 Å². The largest absolute Gasteiger partial charge is 0.368 e. The molecule has 20 heavy (non-hydrogen) atoms. The van der Waals surface area contributed by atoms with E-state index in [9.17, 15) is 10.1 Å². The first-order chi connectivity index (χ1) is 9.52. The highest BCUT2D eigenvalue weighted by Crippen LogP contribution is 2.32. The van der Waals surface area contributed by atoms with Gasteiger partial charge in [0, 0.05) is 34.3 Å². The summed E-state index contributed by atoms with van der Waals surface area (Å²) < 4.78 is 0.938. The van der Waals surface area contributed by atoms with Gasteiger partial charge in [0.25, 0.3) is 5.69 Å². The van der Waals surface area contributed by atoms with E-state index >= 15 is 0 Å². The van der Waals surface area contributed by atoms with Gasteiger partial charge in [-0.3, -0.25) is 10.1 Å². The van der Waals surface area contributed by atoms with Crippen molar-refractivity contribution in [2.24, 2.45) is 5.73 Å². The number of hydrogen-bond acceptors (Lipinski definition) is 4. The normalized spacial score (nSPS) is 22.6. The third kappa shape index (κ3) is 3.41. The van der Waals surface area contributed by atoms with Gasteiger partial charge in [0.1, 0.15) is 0 Å². The Morgan fingerprint density at radius 3 is 2.55 bits per heavy atom. The van der Waals surface area contributed by atoms with E-state index in [1.165, 1.54) is 0 Å². The Bertz CT molecular complexity index is 487. The molecule has 0 spiro atoms. The highest BCUT2D eigenvalue weighted by atomic mass is 127. The number of hydrogen-bond donors (Lipinski definition) is 1. The minimum atomic E-state index is -0.345. The van der Waals surface area contributed by atoms with E-state index in [2.05, 4.69) is 34.4 Å². The number of nitro groups is 1. The molecule has 0 aromatic heterocycles. The van der Waals surface area contributed by atoms with E-state index in [-0.39, 0.29) is 10.6 Å². The molecule has 0 atom stereocenters. The van der Waals surface area contributed by atoms with E-state index in [1.54, 1.807) is 12.1 Å². The molecule has 0 unspecified atom stereocenters. The van der Waals surface area contributed by atoms with Crippen LogP contribution in [0.3, 0.4) is 0 Å². The van der Waals surface area contributed by atoms with Crippen molar-refractivity contribution in [1.82, 2.24) is 0 Å². The van der Waals surface area contributed by atoms with Crippen LogP contribution in [0.25, 0.3) is 0 Å². The van der Waals surface area contributed by atoms with Crippen molar-refractivity contribution in [3.63, 3.8) is 0 Å². The van der Waals surface area contributed by atoms with Gasteiger partial charge in [-0.05, 0) is 61.3 Å². The number of rotatable bonds is 4. The molecule has 1 aliphatic rings. The number of benzene rings is 1.